The largest absolute Gasteiger partial charge is 0.416 e. The second-order valence-corrected chi connectivity index (χ2v) is 10.6. The van der Waals surface area contributed by atoms with Gasteiger partial charge in [-0.1, -0.05) is 41.9 Å². The van der Waals surface area contributed by atoms with Gasteiger partial charge in [-0.2, -0.15) is 23.3 Å². The monoisotopic (exact) mass is 538 g/mol. The molecule has 0 N–H and O–H groups in total. The standard InChI is InChI=1S/C29H26ClF3N4O/c1-19-28(27(38)37(34-19)24-10-8-23(30)9-11-24)16-21-15-22(29(31,32)33)7-12-25(21)36-14-13-35(18-26(28)36)17-20-5-3-2-4-6-20/h2-12,15,26H,13-14,16-18H2,1H3/t26-,28-/m0/s1. The van der Waals surface area contributed by atoms with Gasteiger partial charge < -0.3 is 4.90 Å². The number of hydrazone groups is 1. The second-order valence-electron chi connectivity index (χ2n) is 10.2. The van der Waals surface area contributed by atoms with Crippen LogP contribution < -0.4 is 9.91 Å². The molecule has 1 amide bonds. The SMILES string of the molecule is CC1=NN(c2ccc(Cl)cc2)C(=O)[C@@]12Cc1cc(C(F)(F)F)ccc1N1CCN(Cc3ccccc3)C[C@H]12. The predicted octanol–water partition coefficient (Wildman–Crippen LogP) is 6.01. The van der Waals surface area contributed by atoms with E-state index >= 15 is 0 Å². The van der Waals surface area contributed by atoms with E-state index in [1.807, 2.05) is 25.1 Å². The third kappa shape index (κ3) is 4.07. The summed E-state index contributed by atoms with van der Waals surface area (Å²) in [6, 6.07) is 20.6. The van der Waals surface area contributed by atoms with Crippen molar-refractivity contribution >= 4 is 34.6 Å². The molecular weight excluding hydrogens is 513 g/mol. The number of piperazine rings is 1. The van der Waals surface area contributed by atoms with Crippen LogP contribution in [0.15, 0.2) is 77.9 Å². The van der Waals surface area contributed by atoms with Gasteiger partial charge in [0.15, 0.2) is 0 Å². The fourth-order valence-electron chi connectivity index (χ4n) is 6.11. The minimum atomic E-state index is -4.47. The number of carbonyl (C=O) groups is 1. The van der Waals surface area contributed by atoms with Crippen LogP contribution in [-0.4, -0.2) is 42.2 Å². The van der Waals surface area contributed by atoms with E-state index in [1.165, 1.54) is 16.6 Å². The quantitative estimate of drug-likeness (QED) is 0.410. The third-order valence-electron chi connectivity index (χ3n) is 8.01. The van der Waals surface area contributed by atoms with Crippen LogP contribution >= 0.6 is 11.6 Å². The van der Waals surface area contributed by atoms with E-state index in [4.69, 9.17) is 11.6 Å². The van der Waals surface area contributed by atoms with Gasteiger partial charge in [-0.3, -0.25) is 9.69 Å². The molecule has 6 rings (SSSR count). The van der Waals surface area contributed by atoms with E-state index in [2.05, 4.69) is 27.0 Å². The van der Waals surface area contributed by atoms with Crippen LogP contribution in [0.2, 0.25) is 5.02 Å². The van der Waals surface area contributed by atoms with E-state index in [0.717, 1.165) is 24.8 Å². The van der Waals surface area contributed by atoms with Gasteiger partial charge in [0.25, 0.3) is 5.91 Å². The molecule has 0 bridgehead atoms. The molecule has 3 aliphatic rings. The van der Waals surface area contributed by atoms with Gasteiger partial charge in [0, 0.05) is 36.9 Å². The lowest BCUT2D eigenvalue weighted by Gasteiger charge is -2.53. The zero-order valence-corrected chi connectivity index (χ0v) is 21.5. The highest BCUT2D eigenvalue weighted by atomic mass is 35.5. The number of hydrogen-bond donors (Lipinski definition) is 0. The van der Waals surface area contributed by atoms with Crippen molar-refractivity contribution < 1.29 is 18.0 Å². The first-order valence-corrected chi connectivity index (χ1v) is 12.9. The van der Waals surface area contributed by atoms with Gasteiger partial charge in [0.2, 0.25) is 0 Å². The number of alkyl halides is 3. The molecule has 5 nitrogen and oxygen atoms in total. The average molecular weight is 539 g/mol. The molecule has 0 radical (unpaired) electrons. The Bertz CT molecular complexity index is 1410. The number of fused-ring (bicyclic) bond motifs is 4. The first-order chi connectivity index (χ1) is 18.2. The van der Waals surface area contributed by atoms with Crippen LogP contribution in [0.3, 0.4) is 0 Å². The third-order valence-corrected chi connectivity index (χ3v) is 8.26. The number of rotatable bonds is 3. The maximum Gasteiger partial charge on any atom is 0.416 e. The average Bonchev–Trinajstić information content (AvgIpc) is 3.14. The highest BCUT2D eigenvalue weighted by Gasteiger charge is 2.60. The van der Waals surface area contributed by atoms with Crippen LogP contribution in [0.5, 0.6) is 0 Å². The molecule has 3 aromatic carbocycles. The summed E-state index contributed by atoms with van der Waals surface area (Å²) >= 11 is 6.06. The van der Waals surface area contributed by atoms with Crippen LogP contribution in [0, 0.1) is 5.41 Å². The van der Waals surface area contributed by atoms with E-state index in [9.17, 15) is 18.0 Å². The molecule has 1 fully saturated rings. The summed E-state index contributed by atoms with van der Waals surface area (Å²) in [4.78, 5) is 18.7. The summed E-state index contributed by atoms with van der Waals surface area (Å²) < 4.78 is 41.0. The lowest BCUT2D eigenvalue weighted by Crippen LogP contribution is -2.66. The Labute approximate surface area is 224 Å². The summed E-state index contributed by atoms with van der Waals surface area (Å²) in [5.74, 6) is -0.225. The molecule has 0 aliphatic carbocycles. The van der Waals surface area contributed by atoms with Gasteiger partial charge in [0.1, 0.15) is 5.41 Å². The van der Waals surface area contributed by atoms with Crippen molar-refractivity contribution in [2.24, 2.45) is 10.5 Å². The van der Waals surface area contributed by atoms with Gasteiger partial charge in [-0.05, 0) is 66.9 Å². The Kier molecular flexibility index (Phi) is 6.00. The molecule has 3 aliphatic heterocycles. The van der Waals surface area contributed by atoms with Crippen molar-refractivity contribution in [2.75, 3.05) is 29.5 Å². The van der Waals surface area contributed by atoms with Crippen LogP contribution in [0.4, 0.5) is 24.5 Å². The van der Waals surface area contributed by atoms with Crippen molar-refractivity contribution in [3.05, 3.63) is 94.5 Å². The molecular formula is C29H26ClF3N4O. The highest BCUT2D eigenvalue weighted by molar-refractivity contribution is 6.30. The lowest BCUT2D eigenvalue weighted by atomic mass is 9.67. The van der Waals surface area contributed by atoms with E-state index in [-0.39, 0.29) is 18.4 Å². The summed E-state index contributed by atoms with van der Waals surface area (Å²) in [5, 5.41) is 6.61. The second kappa shape index (κ2) is 9.13. The van der Waals surface area contributed by atoms with Crippen molar-refractivity contribution in [3.8, 4) is 0 Å². The summed E-state index contributed by atoms with van der Waals surface area (Å²) in [6.45, 7) is 4.46. The zero-order chi connectivity index (χ0) is 26.7. The van der Waals surface area contributed by atoms with Crippen LogP contribution in [-0.2, 0) is 23.9 Å². The van der Waals surface area contributed by atoms with Crippen LogP contribution in [0.25, 0.3) is 0 Å². The normalized spacial score (nSPS) is 23.4. The summed E-state index contributed by atoms with van der Waals surface area (Å²) in [6.07, 6.45) is -4.31. The maximum absolute atomic E-state index is 14.3. The fraction of sp³-hybridized carbons (Fsp3) is 0.310. The van der Waals surface area contributed by atoms with E-state index < -0.39 is 17.2 Å². The molecule has 0 saturated carbocycles. The topological polar surface area (TPSA) is 39.2 Å². The molecule has 3 aromatic rings. The Morgan fingerprint density at radius 1 is 1.03 bits per heavy atom. The molecule has 3 heterocycles. The van der Waals surface area contributed by atoms with Crippen molar-refractivity contribution in [1.29, 1.82) is 0 Å². The van der Waals surface area contributed by atoms with Crippen LogP contribution in [0.1, 0.15) is 23.6 Å². The Morgan fingerprint density at radius 3 is 2.47 bits per heavy atom. The summed E-state index contributed by atoms with van der Waals surface area (Å²) in [5.41, 5.74) is 1.85. The smallest absolute Gasteiger partial charge is 0.364 e. The Balaban J connectivity index is 1.43. The predicted molar refractivity (Wildman–Crippen MR) is 142 cm³/mol. The molecule has 9 heteroatoms. The lowest BCUT2D eigenvalue weighted by molar-refractivity contribution is -0.137. The maximum atomic E-state index is 14.3. The fourth-order valence-corrected chi connectivity index (χ4v) is 6.24. The molecule has 38 heavy (non-hydrogen) atoms. The molecule has 196 valence electrons. The number of amides is 1. The first-order valence-electron chi connectivity index (χ1n) is 12.6. The number of carbonyl (C=O) groups excluding carboxylic acids is 1. The molecule has 0 aromatic heterocycles. The van der Waals surface area contributed by atoms with Crippen molar-refractivity contribution in [2.45, 2.75) is 32.1 Å². The molecule has 0 unspecified atom stereocenters. The Morgan fingerprint density at radius 2 is 1.76 bits per heavy atom. The highest BCUT2D eigenvalue weighted by Crippen LogP contribution is 2.49. The van der Waals surface area contributed by atoms with E-state index in [1.54, 1.807) is 30.3 Å². The van der Waals surface area contributed by atoms with Gasteiger partial charge in [-0.15, -0.1) is 0 Å². The van der Waals surface area contributed by atoms with Gasteiger partial charge in [0.05, 0.1) is 23.0 Å². The van der Waals surface area contributed by atoms with Gasteiger partial charge in [-0.25, -0.2) is 0 Å². The zero-order valence-electron chi connectivity index (χ0n) is 20.8. The van der Waals surface area contributed by atoms with Crippen molar-refractivity contribution in [3.63, 3.8) is 0 Å². The first kappa shape index (κ1) is 24.9. The van der Waals surface area contributed by atoms with Gasteiger partial charge >= 0.3 is 6.18 Å². The van der Waals surface area contributed by atoms with E-state index in [0.29, 0.717) is 35.1 Å². The minimum Gasteiger partial charge on any atom is -0.364 e. The number of nitrogens with zero attached hydrogens (tertiary/aromatic N) is 4. The number of anilines is 2. The molecule has 1 spiro atoms. The Hall–Kier alpha value is -3.36. The molecule has 2 atom stereocenters. The summed E-state index contributed by atoms with van der Waals surface area (Å²) in [7, 11) is 0. The minimum absolute atomic E-state index is 0.158. The number of hydrogen-bond acceptors (Lipinski definition) is 4. The van der Waals surface area contributed by atoms with Crippen molar-refractivity contribution in [1.82, 2.24) is 4.90 Å². The number of halogens is 4. The molecule has 1 saturated heterocycles. The number of benzene rings is 3.